The van der Waals surface area contributed by atoms with E-state index in [9.17, 15) is 14.9 Å². The normalized spacial score (nSPS) is 10.8. The Morgan fingerprint density at radius 3 is 2.71 bits per heavy atom. The Labute approximate surface area is 141 Å². The Bertz CT molecular complexity index is 832. The van der Waals surface area contributed by atoms with Crippen molar-refractivity contribution in [2.45, 2.75) is 6.92 Å². The average Bonchev–Trinajstić information content (AvgIpc) is 2.56. The van der Waals surface area contributed by atoms with E-state index in [2.05, 4.69) is 15.6 Å². The fourth-order valence-corrected chi connectivity index (χ4v) is 2.05. The molecule has 24 heavy (non-hydrogen) atoms. The molecule has 2 rings (SSSR count). The van der Waals surface area contributed by atoms with Crippen LogP contribution in [0, 0.1) is 10.1 Å². The van der Waals surface area contributed by atoms with E-state index in [-0.39, 0.29) is 10.7 Å². The van der Waals surface area contributed by atoms with Gasteiger partial charge in [-0.25, -0.2) is 0 Å². The average molecular weight is 352 g/mol. The number of nitrogens with one attached hydrogen (secondary N) is 1. The minimum Gasteiger partial charge on any atom is -0.494 e. The zero-order chi connectivity index (χ0) is 17.7. The monoisotopic (exact) mass is 351 g/mol. The molecule has 10 heteroatoms. The molecular formula is C14H14ClN5O4. The minimum atomic E-state index is -0.750. The summed E-state index contributed by atoms with van der Waals surface area (Å²) >= 11 is 5.85. The summed E-state index contributed by atoms with van der Waals surface area (Å²) < 4.78 is 6.11. The van der Waals surface area contributed by atoms with Crippen molar-refractivity contribution in [1.29, 1.82) is 0 Å². The first kappa shape index (κ1) is 17.4. The number of hydrogen-bond acceptors (Lipinski definition) is 7. The third kappa shape index (κ3) is 3.87. The standard InChI is InChI=1S/C14H14ClN5O4/c1-3-24-10-6-4-9(5-7-10)8-16-17-12-11(15)14(21)19(2)18-13(12)20(22)23/h4-8,17H,3H2,1-2H3. The van der Waals surface area contributed by atoms with Gasteiger partial charge in [-0.3, -0.25) is 10.2 Å². The van der Waals surface area contributed by atoms with Crippen molar-refractivity contribution < 1.29 is 9.66 Å². The number of nitro groups is 1. The van der Waals surface area contributed by atoms with E-state index in [1.54, 1.807) is 24.3 Å². The first-order chi connectivity index (χ1) is 11.4. The smallest absolute Gasteiger partial charge is 0.415 e. The minimum absolute atomic E-state index is 0.257. The zero-order valence-corrected chi connectivity index (χ0v) is 13.6. The highest BCUT2D eigenvalue weighted by atomic mass is 35.5. The number of halogens is 1. The summed E-state index contributed by atoms with van der Waals surface area (Å²) in [6.07, 6.45) is 1.42. The molecule has 0 saturated heterocycles. The number of ether oxygens (including phenoxy) is 1. The number of nitrogens with zero attached hydrogens (tertiary/aromatic N) is 4. The third-order valence-electron chi connectivity index (χ3n) is 2.92. The largest absolute Gasteiger partial charge is 0.494 e. The van der Waals surface area contributed by atoms with Gasteiger partial charge in [0.1, 0.15) is 10.8 Å². The molecule has 2 aromatic rings. The van der Waals surface area contributed by atoms with Crippen LogP contribution in [0.25, 0.3) is 0 Å². The molecule has 1 heterocycles. The van der Waals surface area contributed by atoms with Crippen molar-refractivity contribution in [1.82, 2.24) is 9.78 Å². The van der Waals surface area contributed by atoms with E-state index >= 15 is 0 Å². The summed E-state index contributed by atoms with van der Waals surface area (Å²) in [5.41, 5.74) is 2.21. The molecule has 0 amide bonds. The predicted octanol–water partition coefficient (Wildman–Crippen LogP) is 2.19. The first-order valence-electron chi connectivity index (χ1n) is 6.87. The van der Waals surface area contributed by atoms with Crippen LogP contribution in [0.5, 0.6) is 5.75 Å². The molecular weight excluding hydrogens is 338 g/mol. The summed E-state index contributed by atoms with van der Waals surface area (Å²) in [7, 11) is 1.27. The lowest BCUT2D eigenvalue weighted by molar-refractivity contribution is -0.389. The number of rotatable bonds is 6. The number of aryl methyl sites for hydroxylation is 1. The van der Waals surface area contributed by atoms with Gasteiger partial charge in [-0.05, 0) is 41.7 Å². The molecule has 0 fully saturated rings. The van der Waals surface area contributed by atoms with E-state index in [1.807, 2.05) is 6.92 Å². The van der Waals surface area contributed by atoms with E-state index < -0.39 is 16.3 Å². The Hall–Kier alpha value is -2.94. The van der Waals surface area contributed by atoms with Gasteiger partial charge >= 0.3 is 11.4 Å². The van der Waals surface area contributed by atoms with Gasteiger partial charge in [0.25, 0.3) is 0 Å². The Balaban J connectivity index is 2.23. The maximum absolute atomic E-state index is 11.7. The fourth-order valence-electron chi connectivity index (χ4n) is 1.80. The predicted molar refractivity (Wildman–Crippen MR) is 90.0 cm³/mol. The summed E-state index contributed by atoms with van der Waals surface area (Å²) in [5, 5.41) is 18.1. The summed E-state index contributed by atoms with van der Waals surface area (Å²) in [4.78, 5) is 22.0. The van der Waals surface area contributed by atoms with Crippen LogP contribution in [-0.4, -0.2) is 27.5 Å². The topological polar surface area (TPSA) is 112 Å². The van der Waals surface area contributed by atoms with Crippen molar-refractivity contribution in [3.63, 3.8) is 0 Å². The fraction of sp³-hybridized carbons (Fsp3) is 0.214. The van der Waals surface area contributed by atoms with Gasteiger partial charge in [-0.2, -0.15) is 5.10 Å². The number of benzene rings is 1. The molecule has 126 valence electrons. The Kier molecular flexibility index (Phi) is 5.48. The second-order valence-corrected chi connectivity index (χ2v) is 4.95. The van der Waals surface area contributed by atoms with Crippen LogP contribution in [0.15, 0.2) is 34.2 Å². The number of hydrogen-bond donors (Lipinski definition) is 1. The van der Waals surface area contributed by atoms with Gasteiger partial charge in [0.2, 0.25) is 0 Å². The van der Waals surface area contributed by atoms with E-state index in [0.717, 1.165) is 16.0 Å². The highest BCUT2D eigenvalue weighted by Gasteiger charge is 2.24. The highest BCUT2D eigenvalue weighted by Crippen LogP contribution is 2.26. The molecule has 0 aliphatic rings. The Morgan fingerprint density at radius 1 is 1.46 bits per heavy atom. The van der Waals surface area contributed by atoms with Crippen LogP contribution < -0.4 is 15.7 Å². The Morgan fingerprint density at radius 2 is 2.12 bits per heavy atom. The molecule has 0 bridgehead atoms. The summed E-state index contributed by atoms with van der Waals surface area (Å²) in [6.45, 7) is 2.45. The van der Waals surface area contributed by atoms with Crippen molar-refractivity contribution in [2.24, 2.45) is 12.1 Å². The molecule has 0 unspecified atom stereocenters. The number of aromatic nitrogens is 2. The van der Waals surface area contributed by atoms with Crippen LogP contribution in [0.3, 0.4) is 0 Å². The molecule has 1 aromatic heterocycles. The van der Waals surface area contributed by atoms with Crippen molar-refractivity contribution in [2.75, 3.05) is 12.0 Å². The van der Waals surface area contributed by atoms with Crippen LogP contribution in [0.4, 0.5) is 11.5 Å². The van der Waals surface area contributed by atoms with Gasteiger partial charge in [0.05, 0.1) is 25.0 Å². The maximum atomic E-state index is 11.7. The van der Waals surface area contributed by atoms with E-state index in [4.69, 9.17) is 16.3 Å². The lowest BCUT2D eigenvalue weighted by Crippen LogP contribution is -2.22. The quantitative estimate of drug-likeness (QED) is 0.485. The lowest BCUT2D eigenvalue weighted by atomic mass is 10.2. The maximum Gasteiger partial charge on any atom is 0.415 e. The number of hydrazone groups is 1. The van der Waals surface area contributed by atoms with Crippen LogP contribution in [-0.2, 0) is 7.05 Å². The van der Waals surface area contributed by atoms with Crippen molar-refractivity contribution >= 4 is 29.3 Å². The molecule has 0 atom stereocenters. The molecule has 0 radical (unpaired) electrons. The van der Waals surface area contributed by atoms with Crippen LogP contribution in [0.2, 0.25) is 5.02 Å². The van der Waals surface area contributed by atoms with Gasteiger partial charge in [-0.1, -0.05) is 11.6 Å². The summed E-state index contributed by atoms with van der Waals surface area (Å²) in [6, 6.07) is 7.04. The molecule has 0 aliphatic carbocycles. The molecule has 0 aliphatic heterocycles. The van der Waals surface area contributed by atoms with Gasteiger partial charge in [-0.15, -0.1) is 4.68 Å². The first-order valence-corrected chi connectivity index (χ1v) is 7.25. The second-order valence-electron chi connectivity index (χ2n) is 4.57. The van der Waals surface area contributed by atoms with E-state index in [1.165, 1.54) is 13.3 Å². The second kappa shape index (κ2) is 7.55. The van der Waals surface area contributed by atoms with Crippen molar-refractivity contribution in [3.05, 3.63) is 55.3 Å². The van der Waals surface area contributed by atoms with Gasteiger partial charge in [0, 0.05) is 0 Å². The molecule has 0 saturated carbocycles. The molecule has 9 nitrogen and oxygen atoms in total. The third-order valence-corrected chi connectivity index (χ3v) is 3.27. The van der Waals surface area contributed by atoms with Gasteiger partial charge < -0.3 is 14.9 Å². The van der Waals surface area contributed by atoms with Crippen LogP contribution in [0.1, 0.15) is 12.5 Å². The zero-order valence-electron chi connectivity index (χ0n) is 12.9. The van der Waals surface area contributed by atoms with E-state index in [0.29, 0.717) is 6.61 Å². The SMILES string of the molecule is CCOc1ccc(C=NNc2c([N+](=O)[O-])nn(C)c(=O)c2Cl)cc1. The van der Waals surface area contributed by atoms with Crippen molar-refractivity contribution in [3.8, 4) is 5.75 Å². The lowest BCUT2D eigenvalue weighted by Gasteiger charge is -2.04. The molecule has 0 spiro atoms. The molecule has 1 N–H and O–H groups in total. The van der Waals surface area contributed by atoms with Crippen LogP contribution >= 0.6 is 11.6 Å². The number of anilines is 1. The van der Waals surface area contributed by atoms with Gasteiger partial charge in [0.15, 0.2) is 5.69 Å². The molecule has 1 aromatic carbocycles. The summed E-state index contributed by atoms with van der Waals surface area (Å²) in [5.74, 6) is 0.128. The highest BCUT2D eigenvalue weighted by molar-refractivity contribution is 6.33.